The summed E-state index contributed by atoms with van der Waals surface area (Å²) in [5, 5.41) is 6.91. The number of hydrogen-bond donors (Lipinski definition) is 1. The molecule has 1 aromatic heterocycles. The Morgan fingerprint density at radius 1 is 1.35 bits per heavy atom. The first-order chi connectivity index (χ1) is 9.61. The third-order valence-corrected chi connectivity index (χ3v) is 3.08. The molecule has 1 N–H and O–H groups in total. The van der Waals surface area contributed by atoms with Crippen molar-refractivity contribution in [2.45, 2.75) is 6.54 Å². The molecule has 1 aromatic carbocycles. The minimum Gasteiger partial charge on any atom is -0.383 e. The SMILES string of the molecule is COCCNCc1cc(F)c(-n2cc(Br)cn2)c(F)c1. The second-order valence-corrected chi connectivity index (χ2v) is 5.10. The Morgan fingerprint density at radius 2 is 2.05 bits per heavy atom. The summed E-state index contributed by atoms with van der Waals surface area (Å²) in [5.74, 6) is -1.30. The summed E-state index contributed by atoms with van der Waals surface area (Å²) in [6.07, 6.45) is 2.97. The van der Waals surface area contributed by atoms with Gasteiger partial charge in [0, 0.05) is 26.4 Å². The monoisotopic (exact) mass is 345 g/mol. The number of nitrogens with one attached hydrogen (secondary N) is 1. The highest BCUT2D eigenvalue weighted by molar-refractivity contribution is 9.10. The number of halogens is 3. The summed E-state index contributed by atoms with van der Waals surface area (Å²) in [6, 6.07) is 2.60. The van der Waals surface area contributed by atoms with Crippen LogP contribution in [0.2, 0.25) is 0 Å². The van der Waals surface area contributed by atoms with Gasteiger partial charge in [0.25, 0.3) is 0 Å². The van der Waals surface area contributed by atoms with E-state index in [1.165, 1.54) is 24.5 Å². The lowest BCUT2D eigenvalue weighted by molar-refractivity contribution is 0.199. The quantitative estimate of drug-likeness (QED) is 0.818. The molecule has 0 spiro atoms. The molecule has 20 heavy (non-hydrogen) atoms. The van der Waals surface area contributed by atoms with Crippen molar-refractivity contribution in [2.75, 3.05) is 20.3 Å². The maximum atomic E-state index is 14.0. The normalized spacial score (nSPS) is 11.0. The lowest BCUT2D eigenvalue weighted by Crippen LogP contribution is -2.19. The van der Waals surface area contributed by atoms with E-state index in [1.807, 2.05) is 0 Å². The largest absolute Gasteiger partial charge is 0.383 e. The van der Waals surface area contributed by atoms with Crippen LogP contribution >= 0.6 is 15.9 Å². The van der Waals surface area contributed by atoms with E-state index in [9.17, 15) is 8.78 Å². The van der Waals surface area contributed by atoms with E-state index in [-0.39, 0.29) is 5.69 Å². The van der Waals surface area contributed by atoms with E-state index in [0.29, 0.717) is 29.7 Å². The van der Waals surface area contributed by atoms with Crippen LogP contribution in [0, 0.1) is 11.6 Å². The number of ether oxygens (including phenoxy) is 1. The molecule has 0 unspecified atom stereocenters. The fraction of sp³-hybridized carbons (Fsp3) is 0.308. The third kappa shape index (κ3) is 3.62. The summed E-state index contributed by atoms with van der Waals surface area (Å²) >= 11 is 3.19. The number of benzene rings is 1. The Kier molecular flexibility index (Phi) is 5.22. The van der Waals surface area contributed by atoms with E-state index >= 15 is 0 Å². The maximum Gasteiger partial charge on any atom is 0.152 e. The molecule has 0 aliphatic carbocycles. The molecule has 2 rings (SSSR count). The first-order valence-corrected chi connectivity index (χ1v) is 6.79. The molecule has 0 amide bonds. The second-order valence-electron chi connectivity index (χ2n) is 4.18. The molecule has 1 heterocycles. The van der Waals surface area contributed by atoms with Crippen LogP contribution in [-0.4, -0.2) is 30.0 Å². The molecule has 0 atom stereocenters. The van der Waals surface area contributed by atoms with Gasteiger partial charge < -0.3 is 10.1 Å². The van der Waals surface area contributed by atoms with Crippen LogP contribution in [0.25, 0.3) is 5.69 Å². The standard InChI is InChI=1S/C13H14BrF2N3O/c1-20-3-2-17-6-9-4-11(15)13(12(16)5-9)19-8-10(14)7-18-19/h4-5,7-8,17H,2-3,6H2,1H3. The Bertz CT molecular complexity index is 566. The van der Waals surface area contributed by atoms with Gasteiger partial charge in [-0.3, -0.25) is 0 Å². The minimum absolute atomic E-state index is 0.184. The van der Waals surface area contributed by atoms with Crippen molar-refractivity contribution in [3.63, 3.8) is 0 Å². The lowest BCUT2D eigenvalue weighted by Gasteiger charge is -2.09. The topological polar surface area (TPSA) is 39.1 Å². The van der Waals surface area contributed by atoms with Crippen molar-refractivity contribution in [1.29, 1.82) is 0 Å². The Hall–Kier alpha value is -1.31. The van der Waals surface area contributed by atoms with Crippen LogP contribution in [-0.2, 0) is 11.3 Å². The molecular weight excluding hydrogens is 332 g/mol. The van der Waals surface area contributed by atoms with Crippen LogP contribution in [0.3, 0.4) is 0 Å². The van der Waals surface area contributed by atoms with Crippen LogP contribution in [0.4, 0.5) is 8.78 Å². The van der Waals surface area contributed by atoms with Gasteiger partial charge in [0.05, 0.1) is 17.3 Å². The lowest BCUT2D eigenvalue weighted by atomic mass is 10.2. The van der Waals surface area contributed by atoms with Gasteiger partial charge in [0.2, 0.25) is 0 Å². The molecule has 108 valence electrons. The van der Waals surface area contributed by atoms with Gasteiger partial charge in [-0.05, 0) is 33.6 Å². The predicted octanol–water partition coefficient (Wildman–Crippen LogP) is 2.65. The molecular formula is C13H14BrF2N3O. The molecule has 2 aromatic rings. The fourth-order valence-corrected chi connectivity index (χ4v) is 2.05. The Morgan fingerprint density at radius 3 is 2.60 bits per heavy atom. The fourth-order valence-electron chi connectivity index (χ4n) is 1.77. The molecule has 0 fully saturated rings. The van der Waals surface area contributed by atoms with Crippen molar-refractivity contribution in [1.82, 2.24) is 15.1 Å². The molecule has 0 saturated heterocycles. The highest BCUT2D eigenvalue weighted by Crippen LogP contribution is 2.21. The molecule has 7 heteroatoms. The zero-order chi connectivity index (χ0) is 14.5. The van der Waals surface area contributed by atoms with E-state index in [4.69, 9.17) is 4.74 Å². The minimum atomic E-state index is -0.649. The molecule has 4 nitrogen and oxygen atoms in total. The zero-order valence-electron chi connectivity index (χ0n) is 10.9. The van der Waals surface area contributed by atoms with Crippen molar-refractivity contribution in [2.24, 2.45) is 0 Å². The van der Waals surface area contributed by atoms with Crippen molar-refractivity contribution in [3.05, 3.63) is 46.2 Å². The van der Waals surface area contributed by atoms with Gasteiger partial charge in [0.15, 0.2) is 11.6 Å². The highest BCUT2D eigenvalue weighted by Gasteiger charge is 2.14. The van der Waals surface area contributed by atoms with Gasteiger partial charge in [0.1, 0.15) is 5.69 Å². The number of methoxy groups -OCH3 is 1. The van der Waals surface area contributed by atoms with E-state index < -0.39 is 11.6 Å². The maximum absolute atomic E-state index is 14.0. The van der Waals surface area contributed by atoms with Crippen molar-refractivity contribution >= 4 is 15.9 Å². The van der Waals surface area contributed by atoms with E-state index in [1.54, 1.807) is 7.11 Å². The van der Waals surface area contributed by atoms with E-state index in [2.05, 4.69) is 26.3 Å². The predicted molar refractivity (Wildman–Crippen MR) is 74.8 cm³/mol. The molecule has 0 saturated carbocycles. The summed E-state index contributed by atoms with van der Waals surface area (Å²) in [5.41, 5.74) is 0.349. The van der Waals surface area contributed by atoms with Gasteiger partial charge in [-0.15, -0.1) is 0 Å². The van der Waals surface area contributed by atoms with Crippen molar-refractivity contribution in [3.8, 4) is 5.69 Å². The van der Waals surface area contributed by atoms with Gasteiger partial charge in [-0.1, -0.05) is 0 Å². The summed E-state index contributed by atoms with van der Waals surface area (Å²) < 4.78 is 34.7. The van der Waals surface area contributed by atoms with E-state index in [0.717, 1.165) is 4.68 Å². The number of rotatable bonds is 6. The third-order valence-electron chi connectivity index (χ3n) is 2.67. The summed E-state index contributed by atoms with van der Waals surface area (Å²) in [4.78, 5) is 0. The number of aromatic nitrogens is 2. The van der Waals surface area contributed by atoms with Crippen molar-refractivity contribution < 1.29 is 13.5 Å². The molecule has 0 aliphatic heterocycles. The Balaban J connectivity index is 2.16. The van der Waals surface area contributed by atoms with Crippen LogP contribution in [0.1, 0.15) is 5.56 Å². The average Bonchev–Trinajstić information content (AvgIpc) is 2.80. The molecule has 0 bridgehead atoms. The Labute approximate surface area is 123 Å². The van der Waals surface area contributed by atoms with Crippen LogP contribution < -0.4 is 5.32 Å². The van der Waals surface area contributed by atoms with Crippen LogP contribution in [0.5, 0.6) is 0 Å². The first kappa shape index (κ1) is 15.1. The molecule has 0 radical (unpaired) electrons. The van der Waals surface area contributed by atoms with Gasteiger partial charge in [-0.25, -0.2) is 13.5 Å². The van der Waals surface area contributed by atoms with Gasteiger partial charge >= 0.3 is 0 Å². The van der Waals surface area contributed by atoms with Crippen LogP contribution in [0.15, 0.2) is 29.0 Å². The number of hydrogen-bond acceptors (Lipinski definition) is 3. The average molecular weight is 346 g/mol. The number of nitrogens with zero attached hydrogens (tertiary/aromatic N) is 2. The molecule has 0 aliphatic rings. The highest BCUT2D eigenvalue weighted by atomic mass is 79.9. The summed E-state index contributed by atoms with van der Waals surface area (Å²) in [6.45, 7) is 1.54. The van der Waals surface area contributed by atoms with Gasteiger partial charge in [-0.2, -0.15) is 5.10 Å². The summed E-state index contributed by atoms with van der Waals surface area (Å²) in [7, 11) is 1.60. The second kappa shape index (κ2) is 6.92. The first-order valence-electron chi connectivity index (χ1n) is 6.00. The zero-order valence-corrected chi connectivity index (χ0v) is 12.5. The smallest absolute Gasteiger partial charge is 0.152 e.